The lowest BCUT2D eigenvalue weighted by Crippen LogP contribution is -2.45. The number of halogens is 2. The number of nitrogens with zero attached hydrogens (tertiary/aromatic N) is 1. The number of anilines is 2. The average Bonchev–Trinajstić information content (AvgIpc) is 2.85. The van der Waals surface area contributed by atoms with E-state index in [1.165, 1.54) is 23.1 Å². The lowest BCUT2D eigenvalue weighted by atomic mass is 9.85. The van der Waals surface area contributed by atoms with Crippen LogP contribution in [0.3, 0.4) is 0 Å². The lowest BCUT2D eigenvalue weighted by molar-refractivity contribution is -0.121. The van der Waals surface area contributed by atoms with Crippen molar-refractivity contribution in [1.82, 2.24) is 5.32 Å². The number of benzene rings is 2. The summed E-state index contributed by atoms with van der Waals surface area (Å²) in [5, 5.41) is 12.6. The van der Waals surface area contributed by atoms with Gasteiger partial charge in [-0.15, -0.1) is 0 Å². The van der Waals surface area contributed by atoms with Crippen LogP contribution < -0.4 is 15.0 Å². The molecule has 0 fully saturated rings. The van der Waals surface area contributed by atoms with E-state index in [1.807, 2.05) is 13.8 Å². The lowest BCUT2D eigenvalue weighted by Gasteiger charge is -2.28. The minimum absolute atomic E-state index is 0.0482. The van der Waals surface area contributed by atoms with Crippen molar-refractivity contribution in [3.05, 3.63) is 53.6 Å². The van der Waals surface area contributed by atoms with Gasteiger partial charge < -0.3 is 15.2 Å². The topological polar surface area (TPSA) is 78.9 Å². The van der Waals surface area contributed by atoms with Gasteiger partial charge in [0.2, 0.25) is 5.91 Å². The van der Waals surface area contributed by atoms with E-state index in [4.69, 9.17) is 0 Å². The van der Waals surface area contributed by atoms with Gasteiger partial charge in [-0.2, -0.15) is 8.78 Å². The third kappa shape index (κ3) is 4.75. The first-order valence-electron chi connectivity index (χ1n) is 10.4. The Morgan fingerprint density at radius 2 is 1.91 bits per heavy atom. The summed E-state index contributed by atoms with van der Waals surface area (Å²) in [6.07, 6.45) is -0.182. The number of amides is 2. The van der Waals surface area contributed by atoms with E-state index in [-0.39, 0.29) is 17.6 Å². The van der Waals surface area contributed by atoms with E-state index in [1.54, 1.807) is 45.0 Å². The molecule has 3 rings (SSSR count). The number of alkyl halides is 2. The van der Waals surface area contributed by atoms with Gasteiger partial charge in [-0.1, -0.05) is 6.07 Å². The van der Waals surface area contributed by atoms with Crippen LogP contribution in [0.2, 0.25) is 0 Å². The van der Waals surface area contributed by atoms with Crippen LogP contribution in [-0.4, -0.2) is 35.2 Å². The molecule has 8 heteroatoms. The van der Waals surface area contributed by atoms with E-state index < -0.39 is 23.7 Å². The molecule has 2 N–H and O–H groups in total. The number of carbonyl (C=O) groups excluding carboxylic acids is 2. The maximum absolute atomic E-state index is 13.3. The number of hydrogen-bond donors (Lipinski definition) is 2. The van der Waals surface area contributed by atoms with Gasteiger partial charge in [0.15, 0.2) is 0 Å². The second-order valence-corrected chi connectivity index (χ2v) is 9.26. The maximum Gasteiger partial charge on any atom is 0.387 e. The first kappa shape index (κ1) is 23.7. The summed E-state index contributed by atoms with van der Waals surface area (Å²) < 4.78 is 29.7. The first-order chi connectivity index (χ1) is 14.8. The van der Waals surface area contributed by atoms with Crippen molar-refractivity contribution in [1.29, 1.82) is 0 Å². The molecule has 0 unspecified atom stereocenters. The quantitative estimate of drug-likeness (QED) is 0.655. The Hall–Kier alpha value is -3.00. The zero-order valence-electron chi connectivity index (χ0n) is 18.8. The normalized spacial score (nSPS) is 16.2. The maximum atomic E-state index is 13.3. The molecule has 1 aliphatic heterocycles. The van der Waals surface area contributed by atoms with E-state index >= 15 is 0 Å². The van der Waals surface area contributed by atoms with Crippen molar-refractivity contribution >= 4 is 23.2 Å². The molecule has 1 atom stereocenters. The zero-order valence-corrected chi connectivity index (χ0v) is 18.8. The summed E-state index contributed by atoms with van der Waals surface area (Å²) in [4.78, 5) is 27.6. The van der Waals surface area contributed by atoms with Crippen molar-refractivity contribution in [2.75, 3.05) is 4.90 Å². The van der Waals surface area contributed by atoms with Crippen molar-refractivity contribution < 1.29 is 28.2 Å². The van der Waals surface area contributed by atoms with Crippen molar-refractivity contribution in [2.24, 2.45) is 0 Å². The summed E-state index contributed by atoms with van der Waals surface area (Å²) in [5.74, 6) is -0.603. The predicted molar refractivity (Wildman–Crippen MR) is 118 cm³/mol. The molecule has 0 saturated heterocycles. The molecule has 0 aromatic heterocycles. The molecular weight excluding hydrogens is 418 g/mol. The molecule has 2 aromatic rings. The number of carbonyl (C=O) groups is 2. The Labute approximate surface area is 186 Å². The number of aliphatic hydroxyl groups is 1. The standard InChI is InChI=1S/C24H28F2N2O4/c1-14(29)13-23(2,3)27-20(30)15-9-10-19-18(11-15)24(4,5)21(31)28(19)16-7-6-8-17(12-16)32-22(25)26/h6-12,14,22,29H,13H2,1-5H3,(H,27,30)/t14-/m1/s1. The smallest absolute Gasteiger partial charge is 0.387 e. The summed E-state index contributed by atoms with van der Waals surface area (Å²) in [6.45, 7) is 5.86. The number of fused-ring (bicyclic) bond motifs is 1. The fourth-order valence-electron chi connectivity index (χ4n) is 4.10. The second-order valence-electron chi connectivity index (χ2n) is 9.26. The molecule has 2 amide bonds. The summed E-state index contributed by atoms with van der Waals surface area (Å²) in [5.41, 5.74) is 0.473. The highest BCUT2D eigenvalue weighted by Crippen LogP contribution is 2.46. The average molecular weight is 446 g/mol. The number of rotatable bonds is 7. The predicted octanol–water partition coefficient (Wildman–Crippen LogP) is 4.52. The van der Waals surface area contributed by atoms with Crippen LogP contribution in [0.4, 0.5) is 20.2 Å². The van der Waals surface area contributed by atoms with Crippen LogP contribution in [0.25, 0.3) is 0 Å². The Bertz CT molecular complexity index is 1030. The van der Waals surface area contributed by atoms with Crippen molar-refractivity contribution in [2.45, 2.75) is 64.7 Å². The van der Waals surface area contributed by atoms with E-state index in [9.17, 15) is 23.5 Å². The Balaban J connectivity index is 1.96. The highest BCUT2D eigenvalue weighted by molar-refractivity contribution is 6.13. The van der Waals surface area contributed by atoms with Gasteiger partial charge in [-0.05, 0) is 76.9 Å². The first-order valence-corrected chi connectivity index (χ1v) is 10.4. The number of hydrogen-bond acceptors (Lipinski definition) is 4. The van der Waals surface area contributed by atoms with E-state index in [2.05, 4.69) is 10.1 Å². The largest absolute Gasteiger partial charge is 0.435 e. The monoisotopic (exact) mass is 446 g/mol. The van der Waals surface area contributed by atoms with Crippen LogP contribution in [0.5, 0.6) is 5.75 Å². The van der Waals surface area contributed by atoms with Crippen molar-refractivity contribution in [3.8, 4) is 5.75 Å². The van der Waals surface area contributed by atoms with Crippen LogP contribution in [0, 0.1) is 0 Å². The molecule has 1 heterocycles. The second kappa shape index (κ2) is 8.50. The molecule has 0 spiro atoms. The molecular formula is C24H28F2N2O4. The van der Waals surface area contributed by atoms with Crippen LogP contribution in [-0.2, 0) is 10.2 Å². The molecule has 0 radical (unpaired) electrons. The molecule has 2 aromatic carbocycles. The highest BCUT2D eigenvalue weighted by Gasteiger charge is 2.45. The Kier molecular flexibility index (Phi) is 6.29. The van der Waals surface area contributed by atoms with Gasteiger partial charge in [0, 0.05) is 17.2 Å². The fraction of sp³-hybridized carbons (Fsp3) is 0.417. The number of aliphatic hydroxyl groups excluding tert-OH is 1. The van der Waals surface area contributed by atoms with Crippen LogP contribution >= 0.6 is 0 Å². The molecule has 0 bridgehead atoms. The van der Waals surface area contributed by atoms with Gasteiger partial charge in [0.25, 0.3) is 5.91 Å². The van der Waals surface area contributed by atoms with Gasteiger partial charge in [-0.3, -0.25) is 14.5 Å². The van der Waals surface area contributed by atoms with E-state index in [0.717, 1.165) is 0 Å². The fourth-order valence-corrected chi connectivity index (χ4v) is 4.10. The van der Waals surface area contributed by atoms with E-state index in [0.29, 0.717) is 28.9 Å². The Morgan fingerprint density at radius 1 is 1.22 bits per heavy atom. The molecule has 32 heavy (non-hydrogen) atoms. The molecule has 1 aliphatic rings. The van der Waals surface area contributed by atoms with Gasteiger partial charge >= 0.3 is 6.61 Å². The zero-order chi connectivity index (χ0) is 23.8. The molecule has 0 aliphatic carbocycles. The van der Waals surface area contributed by atoms with Gasteiger partial charge in [0.1, 0.15) is 5.75 Å². The molecule has 0 saturated carbocycles. The van der Waals surface area contributed by atoms with Crippen LogP contribution in [0.15, 0.2) is 42.5 Å². The summed E-state index contributed by atoms with van der Waals surface area (Å²) in [7, 11) is 0. The summed E-state index contributed by atoms with van der Waals surface area (Å²) in [6, 6.07) is 10.9. The minimum atomic E-state index is -2.97. The van der Waals surface area contributed by atoms with Gasteiger partial charge in [0.05, 0.1) is 22.9 Å². The molecule has 172 valence electrons. The SMILES string of the molecule is C[C@@H](O)CC(C)(C)NC(=O)c1ccc2c(c1)C(C)(C)C(=O)N2c1cccc(OC(F)F)c1. The molecule has 6 nitrogen and oxygen atoms in total. The number of ether oxygens (including phenoxy) is 1. The Morgan fingerprint density at radius 3 is 2.53 bits per heavy atom. The van der Waals surface area contributed by atoms with Crippen LogP contribution in [0.1, 0.15) is 57.0 Å². The minimum Gasteiger partial charge on any atom is -0.435 e. The van der Waals surface area contributed by atoms with Gasteiger partial charge in [-0.25, -0.2) is 0 Å². The third-order valence-electron chi connectivity index (χ3n) is 5.47. The van der Waals surface area contributed by atoms with Crippen molar-refractivity contribution in [3.63, 3.8) is 0 Å². The summed E-state index contributed by atoms with van der Waals surface area (Å²) >= 11 is 0. The third-order valence-corrected chi connectivity index (χ3v) is 5.47. The number of nitrogens with one attached hydrogen (secondary N) is 1. The highest BCUT2D eigenvalue weighted by atomic mass is 19.3.